The van der Waals surface area contributed by atoms with E-state index in [1.807, 2.05) is 0 Å². The Morgan fingerprint density at radius 3 is 2.70 bits per heavy atom. The van der Waals surface area contributed by atoms with Crippen LogP contribution in [-0.2, 0) is 10.1 Å². The first-order chi connectivity index (χ1) is 12.7. The lowest BCUT2D eigenvalue weighted by Gasteiger charge is -2.13. The van der Waals surface area contributed by atoms with E-state index in [-0.39, 0.29) is 28.8 Å². The molecule has 11 heteroatoms. The maximum atomic E-state index is 11.5. The Bertz CT molecular complexity index is 962. The Balaban J connectivity index is 2.34. The fourth-order valence-electron chi connectivity index (χ4n) is 2.04. The highest BCUT2D eigenvalue weighted by atomic mass is 32.2. The third-order valence-electron chi connectivity index (χ3n) is 3.13. The number of amides is 1. The fraction of sp³-hybridized carbons (Fsp3) is 0.188. The number of nitrogens with two attached hydrogens (primary N) is 1. The average Bonchev–Trinajstić information content (AvgIpc) is 2.58. The van der Waals surface area contributed by atoms with Crippen molar-refractivity contribution >= 4 is 33.5 Å². The molecular formula is C16H19N5O5S. The predicted molar refractivity (Wildman–Crippen MR) is 101 cm³/mol. The van der Waals surface area contributed by atoms with Crippen molar-refractivity contribution < 1.29 is 22.1 Å². The van der Waals surface area contributed by atoms with Gasteiger partial charge < -0.3 is 25.3 Å². The topological polar surface area (TPSA) is 146 Å². The van der Waals surface area contributed by atoms with Gasteiger partial charge in [0.2, 0.25) is 5.95 Å². The van der Waals surface area contributed by atoms with Gasteiger partial charge in [-0.2, -0.15) is 13.4 Å². The molecule has 1 aromatic carbocycles. The maximum Gasteiger partial charge on any atom is 0.306 e. The van der Waals surface area contributed by atoms with Gasteiger partial charge in [-0.15, -0.1) is 6.58 Å². The molecule has 4 N–H and O–H groups in total. The summed E-state index contributed by atoms with van der Waals surface area (Å²) in [7, 11) is -2.35. The van der Waals surface area contributed by atoms with Gasteiger partial charge in [-0.3, -0.25) is 4.79 Å². The predicted octanol–water partition coefficient (Wildman–Crippen LogP) is 1.26. The second-order valence-corrected chi connectivity index (χ2v) is 6.84. The molecule has 0 radical (unpaired) electrons. The highest BCUT2D eigenvalue weighted by molar-refractivity contribution is 7.86. The van der Waals surface area contributed by atoms with Crippen molar-refractivity contribution in [3.05, 3.63) is 42.6 Å². The molecule has 1 heterocycles. The Morgan fingerprint density at radius 2 is 2.11 bits per heavy atom. The largest absolute Gasteiger partial charge is 0.493 e. The summed E-state index contributed by atoms with van der Waals surface area (Å²) in [6.45, 7) is 3.95. The van der Waals surface area contributed by atoms with Gasteiger partial charge in [0, 0.05) is 24.5 Å². The molecule has 0 aliphatic heterocycles. The van der Waals surface area contributed by atoms with Crippen LogP contribution in [0, 0.1) is 0 Å². The van der Waals surface area contributed by atoms with Crippen molar-refractivity contribution in [1.29, 1.82) is 0 Å². The number of nitrogens with one attached hydrogen (secondary N) is 2. The number of anilines is 3. The van der Waals surface area contributed by atoms with E-state index >= 15 is 0 Å². The van der Waals surface area contributed by atoms with Crippen LogP contribution >= 0.6 is 0 Å². The molecule has 27 heavy (non-hydrogen) atoms. The quantitative estimate of drug-likeness (QED) is 0.423. The molecule has 144 valence electrons. The summed E-state index contributed by atoms with van der Waals surface area (Å²) in [5.41, 5.74) is 5.87. The van der Waals surface area contributed by atoms with E-state index in [9.17, 15) is 13.2 Å². The van der Waals surface area contributed by atoms with Crippen molar-refractivity contribution in [2.24, 2.45) is 5.73 Å². The van der Waals surface area contributed by atoms with Crippen LogP contribution in [0.1, 0.15) is 10.4 Å². The molecule has 0 unspecified atom stereocenters. The monoisotopic (exact) mass is 393 g/mol. The lowest BCUT2D eigenvalue weighted by atomic mass is 10.2. The van der Waals surface area contributed by atoms with Crippen LogP contribution in [-0.4, -0.2) is 44.2 Å². The van der Waals surface area contributed by atoms with E-state index in [4.69, 9.17) is 14.7 Å². The highest BCUT2D eigenvalue weighted by Crippen LogP contribution is 2.32. The zero-order valence-corrected chi connectivity index (χ0v) is 15.5. The van der Waals surface area contributed by atoms with E-state index < -0.39 is 16.0 Å². The van der Waals surface area contributed by atoms with Crippen LogP contribution in [0.4, 0.5) is 17.5 Å². The van der Waals surface area contributed by atoms with Gasteiger partial charge in [0.1, 0.15) is 5.82 Å². The summed E-state index contributed by atoms with van der Waals surface area (Å²) in [5, 5.41) is 5.79. The normalized spacial score (nSPS) is 10.7. The highest BCUT2D eigenvalue weighted by Gasteiger charge is 2.14. The van der Waals surface area contributed by atoms with Crippen LogP contribution in [0.5, 0.6) is 11.5 Å². The number of hydrogen-bond donors (Lipinski definition) is 3. The molecular weight excluding hydrogens is 374 g/mol. The Hall–Kier alpha value is -3.34. The Kier molecular flexibility index (Phi) is 6.19. The van der Waals surface area contributed by atoms with E-state index in [1.165, 1.54) is 25.4 Å². The second kappa shape index (κ2) is 8.36. The SMILES string of the molecule is C=CCNc1nc(Nc2ccc(OC)c(OS(C)(=O)=O)c2)ncc1C(N)=O. The summed E-state index contributed by atoms with van der Waals surface area (Å²) in [6.07, 6.45) is 3.80. The molecule has 0 atom stereocenters. The number of carbonyl (C=O) groups is 1. The zero-order chi connectivity index (χ0) is 20.0. The average molecular weight is 393 g/mol. The van der Waals surface area contributed by atoms with Gasteiger partial charge in [0.05, 0.1) is 18.9 Å². The minimum Gasteiger partial charge on any atom is -0.493 e. The second-order valence-electron chi connectivity index (χ2n) is 5.27. The van der Waals surface area contributed by atoms with E-state index in [0.29, 0.717) is 12.2 Å². The van der Waals surface area contributed by atoms with Gasteiger partial charge in [-0.1, -0.05) is 6.08 Å². The molecule has 2 rings (SSSR count). The number of ether oxygens (including phenoxy) is 1. The van der Waals surface area contributed by atoms with Gasteiger partial charge >= 0.3 is 10.1 Å². The molecule has 2 aromatic rings. The standard InChI is InChI=1S/C16H19N5O5S/c1-4-7-18-15-11(14(17)22)9-19-16(21-15)20-10-5-6-12(25-2)13(8-10)26-27(3,23)24/h4-6,8-9H,1,7H2,2-3H3,(H2,17,22)(H2,18,19,20,21). The summed E-state index contributed by atoms with van der Waals surface area (Å²) in [5.74, 6) is -0.0440. The molecule has 0 spiro atoms. The number of carbonyl (C=O) groups excluding carboxylic acids is 1. The number of nitrogens with zero attached hydrogens (tertiary/aromatic N) is 2. The third-order valence-corrected chi connectivity index (χ3v) is 3.61. The van der Waals surface area contributed by atoms with E-state index in [2.05, 4.69) is 27.2 Å². The molecule has 10 nitrogen and oxygen atoms in total. The van der Waals surface area contributed by atoms with Crippen molar-refractivity contribution in [2.75, 3.05) is 30.5 Å². The summed E-state index contributed by atoms with van der Waals surface area (Å²) in [4.78, 5) is 19.7. The van der Waals surface area contributed by atoms with Crippen molar-refractivity contribution in [1.82, 2.24) is 9.97 Å². The van der Waals surface area contributed by atoms with Gasteiger partial charge in [-0.25, -0.2) is 4.98 Å². The third kappa shape index (κ3) is 5.57. The Morgan fingerprint density at radius 1 is 1.37 bits per heavy atom. The molecule has 0 saturated heterocycles. The van der Waals surface area contributed by atoms with Crippen LogP contribution in [0.2, 0.25) is 0 Å². The van der Waals surface area contributed by atoms with E-state index in [1.54, 1.807) is 12.1 Å². The van der Waals surface area contributed by atoms with Crippen molar-refractivity contribution in [2.45, 2.75) is 0 Å². The van der Waals surface area contributed by atoms with Gasteiger partial charge in [0.25, 0.3) is 5.91 Å². The number of rotatable bonds is 9. The molecule has 0 bridgehead atoms. The number of hydrogen-bond acceptors (Lipinski definition) is 9. The van der Waals surface area contributed by atoms with Crippen molar-refractivity contribution in [3.63, 3.8) is 0 Å². The van der Waals surface area contributed by atoms with Crippen LogP contribution < -0.4 is 25.3 Å². The molecule has 1 amide bonds. The summed E-state index contributed by atoms with van der Waals surface area (Å²) in [6, 6.07) is 4.57. The van der Waals surface area contributed by atoms with Crippen molar-refractivity contribution in [3.8, 4) is 11.5 Å². The lowest BCUT2D eigenvalue weighted by molar-refractivity contribution is 0.100. The number of benzene rings is 1. The molecule has 0 aliphatic carbocycles. The summed E-state index contributed by atoms with van der Waals surface area (Å²) >= 11 is 0. The van der Waals surface area contributed by atoms with Crippen LogP contribution in [0.25, 0.3) is 0 Å². The molecule has 0 fully saturated rings. The first kappa shape index (κ1) is 20.0. The molecule has 0 saturated carbocycles. The first-order valence-electron chi connectivity index (χ1n) is 7.59. The van der Waals surface area contributed by atoms with Gasteiger partial charge in [0.15, 0.2) is 11.5 Å². The first-order valence-corrected chi connectivity index (χ1v) is 9.41. The number of aromatic nitrogens is 2. The maximum absolute atomic E-state index is 11.5. The smallest absolute Gasteiger partial charge is 0.306 e. The van der Waals surface area contributed by atoms with Gasteiger partial charge in [-0.05, 0) is 12.1 Å². The van der Waals surface area contributed by atoms with E-state index in [0.717, 1.165) is 6.26 Å². The summed E-state index contributed by atoms with van der Waals surface area (Å²) < 4.78 is 32.8. The zero-order valence-electron chi connectivity index (χ0n) is 14.7. The lowest BCUT2D eigenvalue weighted by Crippen LogP contribution is -2.17. The van der Waals surface area contributed by atoms with Crippen LogP contribution in [0.3, 0.4) is 0 Å². The molecule has 0 aliphatic rings. The number of primary amides is 1. The minimum absolute atomic E-state index is 0.00348. The minimum atomic E-state index is -3.74. The Labute approximate surface area is 156 Å². The molecule has 1 aromatic heterocycles. The number of methoxy groups -OCH3 is 1. The van der Waals surface area contributed by atoms with Crippen LogP contribution in [0.15, 0.2) is 37.1 Å². The fourth-order valence-corrected chi connectivity index (χ4v) is 2.49.